The lowest BCUT2D eigenvalue weighted by Gasteiger charge is -2.03. The van der Waals surface area contributed by atoms with Gasteiger partial charge in [-0.15, -0.1) is 0 Å². The fraction of sp³-hybridized carbons (Fsp3) is 0.182. The molecule has 1 aromatic carbocycles. The van der Waals surface area contributed by atoms with Gasteiger partial charge in [0.2, 0.25) is 0 Å². The van der Waals surface area contributed by atoms with Crippen molar-refractivity contribution in [2.24, 2.45) is 0 Å². The fourth-order valence-corrected chi connectivity index (χ4v) is 1.70. The Morgan fingerprint density at radius 3 is 2.88 bits per heavy atom. The molecule has 2 aromatic rings. The highest BCUT2D eigenvalue weighted by atomic mass is 32.2. The molecule has 2 rings (SSSR count). The van der Waals surface area contributed by atoms with Gasteiger partial charge in [0.15, 0.2) is 12.2 Å². The first-order chi connectivity index (χ1) is 8.04. The average molecular weight is 253 g/mol. The molecule has 0 fully saturated rings. The average Bonchev–Trinajstić information content (AvgIpc) is 2.79. The van der Waals surface area contributed by atoms with Crippen LogP contribution in [0.3, 0.4) is 0 Å². The summed E-state index contributed by atoms with van der Waals surface area (Å²) in [5.41, 5.74) is 1.58. The van der Waals surface area contributed by atoms with Crippen molar-refractivity contribution in [2.75, 3.05) is 6.26 Å². The molecular formula is C11H11NO4S. The van der Waals surface area contributed by atoms with Gasteiger partial charge in [-0.1, -0.05) is 18.2 Å². The number of rotatable bonds is 4. The van der Waals surface area contributed by atoms with Gasteiger partial charge in [-0.3, -0.25) is 4.18 Å². The van der Waals surface area contributed by atoms with E-state index in [1.54, 1.807) is 24.4 Å². The topological polar surface area (TPSA) is 69.4 Å². The molecule has 0 atom stereocenters. The van der Waals surface area contributed by atoms with Crippen LogP contribution in [0.15, 0.2) is 41.3 Å². The van der Waals surface area contributed by atoms with Crippen LogP contribution in [0.5, 0.6) is 0 Å². The SMILES string of the molecule is CS(=O)(=O)OCc1cccc(-c2cnco2)c1. The van der Waals surface area contributed by atoms with Crippen molar-refractivity contribution < 1.29 is 17.0 Å². The molecule has 6 heteroatoms. The molecule has 1 aromatic heterocycles. The maximum Gasteiger partial charge on any atom is 0.264 e. The maximum absolute atomic E-state index is 10.9. The Kier molecular flexibility index (Phi) is 3.26. The van der Waals surface area contributed by atoms with Crippen LogP contribution in [0.25, 0.3) is 11.3 Å². The predicted octanol–water partition coefficient (Wildman–Crippen LogP) is 1.82. The zero-order chi connectivity index (χ0) is 12.3. The molecule has 0 aliphatic carbocycles. The molecule has 0 amide bonds. The van der Waals surface area contributed by atoms with E-state index in [9.17, 15) is 8.42 Å². The van der Waals surface area contributed by atoms with Crippen LogP contribution >= 0.6 is 0 Å². The second-order valence-electron chi connectivity index (χ2n) is 3.53. The minimum Gasteiger partial charge on any atom is -0.444 e. The molecule has 0 saturated carbocycles. The third kappa shape index (κ3) is 3.40. The first-order valence-electron chi connectivity index (χ1n) is 4.87. The van der Waals surface area contributed by atoms with Gasteiger partial charge < -0.3 is 4.42 Å². The predicted molar refractivity (Wildman–Crippen MR) is 61.6 cm³/mol. The summed E-state index contributed by atoms with van der Waals surface area (Å²) in [4.78, 5) is 3.82. The van der Waals surface area contributed by atoms with Crippen LogP contribution in [-0.4, -0.2) is 19.7 Å². The quantitative estimate of drug-likeness (QED) is 0.777. The third-order valence-corrected chi connectivity index (χ3v) is 2.63. The summed E-state index contributed by atoms with van der Waals surface area (Å²) in [5, 5.41) is 0. The van der Waals surface area contributed by atoms with Gasteiger partial charge in [-0.05, 0) is 11.6 Å². The molecule has 0 unspecified atom stereocenters. The van der Waals surface area contributed by atoms with Crippen LogP contribution in [0.4, 0.5) is 0 Å². The van der Waals surface area contributed by atoms with Gasteiger partial charge >= 0.3 is 0 Å². The summed E-state index contributed by atoms with van der Waals surface area (Å²) in [6, 6.07) is 7.24. The Hall–Kier alpha value is -1.66. The van der Waals surface area contributed by atoms with Gasteiger partial charge in [-0.2, -0.15) is 8.42 Å². The summed E-state index contributed by atoms with van der Waals surface area (Å²) in [7, 11) is -3.42. The number of aromatic nitrogens is 1. The van der Waals surface area contributed by atoms with Crippen LogP contribution in [0.2, 0.25) is 0 Å². The lowest BCUT2D eigenvalue weighted by atomic mass is 10.1. The van der Waals surface area contributed by atoms with Crippen molar-refractivity contribution >= 4 is 10.1 Å². The van der Waals surface area contributed by atoms with Crippen LogP contribution in [-0.2, 0) is 20.9 Å². The molecule has 90 valence electrons. The second-order valence-corrected chi connectivity index (χ2v) is 5.18. The summed E-state index contributed by atoms with van der Waals surface area (Å²) in [6.45, 7) is 0.0147. The van der Waals surface area contributed by atoms with Gasteiger partial charge in [0.05, 0.1) is 19.1 Å². The van der Waals surface area contributed by atoms with Crippen molar-refractivity contribution in [2.45, 2.75) is 6.61 Å². The second kappa shape index (κ2) is 4.68. The van der Waals surface area contributed by atoms with Gasteiger partial charge in [0.25, 0.3) is 10.1 Å². The number of hydrogen-bond acceptors (Lipinski definition) is 5. The maximum atomic E-state index is 10.9. The summed E-state index contributed by atoms with van der Waals surface area (Å²) in [6.07, 6.45) is 3.96. The lowest BCUT2D eigenvalue weighted by Crippen LogP contribution is -2.02. The minimum absolute atomic E-state index is 0.0147. The monoisotopic (exact) mass is 253 g/mol. The number of benzene rings is 1. The van der Waals surface area contributed by atoms with Gasteiger partial charge in [0.1, 0.15) is 0 Å². The van der Waals surface area contributed by atoms with E-state index in [0.29, 0.717) is 5.76 Å². The van der Waals surface area contributed by atoms with Crippen LogP contribution in [0, 0.1) is 0 Å². The molecule has 0 aliphatic rings. The van der Waals surface area contributed by atoms with E-state index >= 15 is 0 Å². The molecule has 0 saturated heterocycles. The normalized spacial score (nSPS) is 11.6. The van der Waals surface area contributed by atoms with Crippen molar-refractivity contribution in [3.63, 3.8) is 0 Å². The first kappa shape index (κ1) is 11.8. The molecule has 0 radical (unpaired) electrons. The zero-order valence-corrected chi connectivity index (χ0v) is 9.98. The van der Waals surface area contributed by atoms with E-state index in [4.69, 9.17) is 8.60 Å². The largest absolute Gasteiger partial charge is 0.444 e. The summed E-state index contributed by atoms with van der Waals surface area (Å²) < 4.78 is 31.6. The number of oxazole rings is 1. The molecule has 0 bridgehead atoms. The molecular weight excluding hydrogens is 242 g/mol. The first-order valence-corrected chi connectivity index (χ1v) is 6.68. The van der Waals surface area contributed by atoms with Crippen molar-refractivity contribution in [3.05, 3.63) is 42.4 Å². The Labute approximate surface area is 99.2 Å². The van der Waals surface area contributed by atoms with E-state index in [1.807, 2.05) is 6.07 Å². The molecule has 0 N–H and O–H groups in total. The zero-order valence-electron chi connectivity index (χ0n) is 9.16. The smallest absolute Gasteiger partial charge is 0.264 e. The Bertz CT molecular complexity index is 590. The molecule has 17 heavy (non-hydrogen) atoms. The Balaban J connectivity index is 2.18. The van der Waals surface area contributed by atoms with Crippen LogP contribution < -0.4 is 0 Å². The molecule has 1 heterocycles. The van der Waals surface area contributed by atoms with Crippen molar-refractivity contribution in [1.82, 2.24) is 4.98 Å². The fourth-order valence-electron chi connectivity index (χ4n) is 1.35. The standard InChI is InChI=1S/C11H11NO4S/c1-17(13,14)16-7-9-3-2-4-10(5-9)11-6-12-8-15-11/h2-6,8H,7H2,1H3. The van der Waals surface area contributed by atoms with E-state index in [2.05, 4.69) is 4.98 Å². The number of hydrogen-bond donors (Lipinski definition) is 0. The Morgan fingerprint density at radius 1 is 1.41 bits per heavy atom. The summed E-state index contributed by atoms with van der Waals surface area (Å²) >= 11 is 0. The highest BCUT2D eigenvalue weighted by molar-refractivity contribution is 7.85. The summed E-state index contributed by atoms with van der Waals surface area (Å²) in [5.74, 6) is 0.631. The van der Waals surface area contributed by atoms with Crippen LogP contribution in [0.1, 0.15) is 5.56 Å². The molecule has 5 nitrogen and oxygen atoms in total. The molecule has 0 aliphatic heterocycles. The molecule has 0 spiro atoms. The highest BCUT2D eigenvalue weighted by Crippen LogP contribution is 2.20. The van der Waals surface area contributed by atoms with Crippen molar-refractivity contribution in [3.8, 4) is 11.3 Å². The Morgan fingerprint density at radius 2 is 2.24 bits per heavy atom. The highest BCUT2D eigenvalue weighted by Gasteiger charge is 2.05. The van der Waals surface area contributed by atoms with Gasteiger partial charge in [0, 0.05) is 5.56 Å². The van der Waals surface area contributed by atoms with E-state index in [0.717, 1.165) is 17.4 Å². The number of nitrogens with zero attached hydrogens (tertiary/aromatic N) is 1. The minimum atomic E-state index is -3.42. The van der Waals surface area contributed by atoms with Gasteiger partial charge in [-0.25, -0.2) is 4.98 Å². The lowest BCUT2D eigenvalue weighted by molar-refractivity contribution is 0.312. The van der Waals surface area contributed by atoms with E-state index < -0.39 is 10.1 Å². The van der Waals surface area contributed by atoms with Crippen molar-refractivity contribution in [1.29, 1.82) is 0 Å². The third-order valence-electron chi connectivity index (χ3n) is 2.08. The van der Waals surface area contributed by atoms with E-state index in [-0.39, 0.29) is 6.61 Å². The van der Waals surface area contributed by atoms with E-state index in [1.165, 1.54) is 6.39 Å².